The maximum atomic E-state index is 12.1. The fourth-order valence-corrected chi connectivity index (χ4v) is 2.43. The van der Waals surface area contributed by atoms with Crippen LogP contribution in [0.25, 0.3) is 27.5 Å². The number of benzene rings is 1. The minimum atomic E-state index is -0.150. The molecule has 4 aromatic rings. The van der Waals surface area contributed by atoms with E-state index in [0.717, 1.165) is 16.6 Å². The Morgan fingerprint density at radius 2 is 1.85 bits per heavy atom. The van der Waals surface area contributed by atoms with Crippen LogP contribution in [-0.4, -0.2) is 19.7 Å². The Bertz CT molecular complexity index is 969. The summed E-state index contributed by atoms with van der Waals surface area (Å²) in [6, 6.07) is 11.6. The van der Waals surface area contributed by atoms with Gasteiger partial charge in [0.2, 0.25) is 0 Å². The first-order valence-electron chi connectivity index (χ1n) is 6.24. The van der Waals surface area contributed by atoms with Crippen molar-refractivity contribution in [3.63, 3.8) is 0 Å². The van der Waals surface area contributed by atoms with Gasteiger partial charge in [-0.15, -0.1) is 0 Å². The molecule has 1 N–H and O–H groups in total. The maximum absolute atomic E-state index is 12.1. The van der Waals surface area contributed by atoms with Crippen molar-refractivity contribution < 1.29 is 0 Å². The SMILES string of the molecule is O=c1[nH]c2cnccc2c2c1cnn2-c1ccccc1. The van der Waals surface area contributed by atoms with E-state index in [1.807, 2.05) is 36.4 Å². The van der Waals surface area contributed by atoms with E-state index in [-0.39, 0.29) is 5.56 Å². The summed E-state index contributed by atoms with van der Waals surface area (Å²) in [5.74, 6) is 0. The van der Waals surface area contributed by atoms with E-state index >= 15 is 0 Å². The Morgan fingerprint density at radius 1 is 1.00 bits per heavy atom. The van der Waals surface area contributed by atoms with Crippen LogP contribution in [0, 0.1) is 0 Å². The fraction of sp³-hybridized carbons (Fsp3) is 0. The van der Waals surface area contributed by atoms with Crippen LogP contribution in [-0.2, 0) is 0 Å². The third-order valence-electron chi connectivity index (χ3n) is 3.34. The van der Waals surface area contributed by atoms with Crippen molar-refractivity contribution in [1.29, 1.82) is 0 Å². The van der Waals surface area contributed by atoms with E-state index in [1.165, 1.54) is 0 Å². The van der Waals surface area contributed by atoms with Crippen molar-refractivity contribution in [2.24, 2.45) is 0 Å². The molecule has 0 aliphatic carbocycles. The molecule has 0 aliphatic rings. The van der Waals surface area contributed by atoms with E-state index in [2.05, 4.69) is 15.1 Å². The number of para-hydroxylation sites is 1. The van der Waals surface area contributed by atoms with Crippen LogP contribution in [0.4, 0.5) is 0 Å². The number of aromatic nitrogens is 4. The van der Waals surface area contributed by atoms with E-state index in [9.17, 15) is 4.79 Å². The lowest BCUT2D eigenvalue weighted by molar-refractivity contribution is 0.913. The van der Waals surface area contributed by atoms with E-state index in [1.54, 1.807) is 23.3 Å². The molecule has 0 aliphatic heterocycles. The van der Waals surface area contributed by atoms with Gasteiger partial charge in [-0.2, -0.15) is 5.10 Å². The number of pyridine rings is 2. The highest BCUT2D eigenvalue weighted by atomic mass is 16.1. The van der Waals surface area contributed by atoms with Crippen LogP contribution >= 0.6 is 0 Å². The van der Waals surface area contributed by atoms with Crippen molar-refractivity contribution in [1.82, 2.24) is 19.7 Å². The number of nitrogens with one attached hydrogen (secondary N) is 1. The van der Waals surface area contributed by atoms with Crippen LogP contribution in [0.3, 0.4) is 0 Å². The monoisotopic (exact) mass is 262 g/mol. The molecule has 0 saturated heterocycles. The highest BCUT2D eigenvalue weighted by molar-refractivity contribution is 6.03. The van der Waals surface area contributed by atoms with Crippen molar-refractivity contribution in [3.05, 3.63) is 65.3 Å². The highest BCUT2D eigenvalue weighted by Gasteiger charge is 2.12. The smallest absolute Gasteiger partial charge is 0.259 e. The average Bonchev–Trinajstić information content (AvgIpc) is 2.94. The van der Waals surface area contributed by atoms with Gasteiger partial charge in [-0.25, -0.2) is 4.68 Å². The summed E-state index contributed by atoms with van der Waals surface area (Å²) in [5, 5.41) is 5.86. The number of hydrogen-bond acceptors (Lipinski definition) is 3. The van der Waals surface area contributed by atoms with Crippen molar-refractivity contribution in [3.8, 4) is 5.69 Å². The third-order valence-corrected chi connectivity index (χ3v) is 3.34. The second-order valence-electron chi connectivity index (χ2n) is 4.53. The van der Waals surface area contributed by atoms with Crippen LogP contribution in [0.5, 0.6) is 0 Å². The topological polar surface area (TPSA) is 63.6 Å². The molecule has 3 heterocycles. The Hall–Kier alpha value is -2.95. The zero-order valence-corrected chi connectivity index (χ0v) is 10.4. The van der Waals surface area contributed by atoms with Crippen LogP contribution in [0.15, 0.2) is 59.8 Å². The molecular weight excluding hydrogens is 252 g/mol. The molecule has 0 unspecified atom stereocenters. The van der Waals surface area contributed by atoms with Gasteiger partial charge in [0.15, 0.2) is 0 Å². The van der Waals surface area contributed by atoms with Crippen molar-refractivity contribution in [2.45, 2.75) is 0 Å². The van der Waals surface area contributed by atoms with Gasteiger partial charge in [0.25, 0.3) is 5.56 Å². The Morgan fingerprint density at radius 3 is 2.70 bits per heavy atom. The van der Waals surface area contributed by atoms with Crippen LogP contribution in [0.2, 0.25) is 0 Å². The second-order valence-corrected chi connectivity index (χ2v) is 4.53. The summed E-state index contributed by atoms with van der Waals surface area (Å²) < 4.78 is 1.78. The van der Waals surface area contributed by atoms with Gasteiger partial charge in [-0.3, -0.25) is 9.78 Å². The number of rotatable bonds is 1. The number of nitrogens with zero attached hydrogens (tertiary/aromatic N) is 3. The number of fused-ring (bicyclic) bond motifs is 3. The zero-order valence-electron chi connectivity index (χ0n) is 10.4. The molecule has 0 spiro atoms. The van der Waals surface area contributed by atoms with Gasteiger partial charge in [0.1, 0.15) is 0 Å². The van der Waals surface area contributed by atoms with Crippen LogP contribution < -0.4 is 5.56 Å². The first-order chi connectivity index (χ1) is 9.84. The van der Waals surface area contributed by atoms with Gasteiger partial charge < -0.3 is 4.98 Å². The average molecular weight is 262 g/mol. The van der Waals surface area contributed by atoms with E-state index in [4.69, 9.17) is 0 Å². The molecule has 5 heteroatoms. The molecule has 4 rings (SSSR count). The first-order valence-corrected chi connectivity index (χ1v) is 6.24. The Labute approximate surface area is 113 Å². The lowest BCUT2D eigenvalue weighted by atomic mass is 10.2. The maximum Gasteiger partial charge on any atom is 0.259 e. The first kappa shape index (κ1) is 10.9. The molecule has 0 fully saturated rings. The van der Waals surface area contributed by atoms with Crippen molar-refractivity contribution >= 4 is 21.8 Å². The summed E-state index contributed by atoms with van der Waals surface area (Å²) in [4.78, 5) is 19.0. The third kappa shape index (κ3) is 1.46. The number of hydrogen-bond donors (Lipinski definition) is 1. The predicted octanol–water partition coefficient (Wildman–Crippen LogP) is 2.26. The molecule has 0 saturated carbocycles. The predicted molar refractivity (Wildman–Crippen MR) is 77.0 cm³/mol. The fourth-order valence-electron chi connectivity index (χ4n) is 2.43. The van der Waals surface area contributed by atoms with Gasteiger partial charge in [0.05, 0.1) is 34.5 Å². The van der Waals surface area contributed by atoms with E-state index in [0.29, 0.717) is 10.9 Å². The molecule has 0 radical (unpaired) electrons. The van der Waals surface area contributed by atoms with Gasteiger partial charge >= 0.3 is 0 Å². The molecule has 5 nitrogen and oxygen atoms in total. The summed E-state index contributed by atoms with van der Waals surface area (Å²) >= 11 is 0. The number of aromatic amines is 1. The summed E-state index contributed by atoms with van der Waals surface area (Å²) in [7, 11) is 0. The molecule has 20 heavy (non-hydrogen) atoms. The highest BCUT2D eigenvalue weighted by Crippen LogP contribution is 2.22. The van der Waals surface area contributed by atoms with E-state index < -0.39 is 0 Å². The second kappa shape index (κ2) is 4.03. The van der Waals surface area contributed by atoms with Crippen molar-refractivity contribution in [2.75, 3.05) is 0 Å². The molecule has 0 bridgehead atoms. The largest absolute Gasteiger partial charge is 0.320 e. The summed E-state index contributed by atoms with van der Waals surface area (Å²) in [6.07, 6.45) is 4.96. The Balaban J connectivity index is 2.22. The molecule has 96 valence electrons. The number of H-pyrrole nitrogens is 1. The summed E-state index contributed by atoms with van der Waals surface area (Å²) in [5.41, 5.74) is 2.29. The van der Waals surface area contributed by atoms with Gasteiger partial charge in [0, 0.05) is 11.6 Å². The summed E-state index contributed by atoms with van der Waals surface area (Å²) in [6.45, 7) is 0. The lowest BCUT2D eigenvalue weighted by Gasteiger charge is -2.05. The standard InChI is InChI=1S/C15H10N4O/c20-15-12-8-17-19(10-4-2-1-3-5-10)14(12)11-6-7-16-9-13(11)18-15/h1-9H,(H,18,20). The molecule has 0 amide bonds. The molecule has 0 atom stereocenters. The quantitative estimate of drug-likeness (QED) is 0.572. The zero-order chi connectivity index (χ0) is 13.5. The van der Waals surface area contributed by atoms with Crippen LogP contribution in [0.1, 0.15) is 0 Å². The normalized spacial score (nSPS) is 11.2. The minimum Gasteiger partial charge on any atom is -0.320 e. The van der Waals surface area contributed by atoms with Gasteiger partial charge in [-0.1, -0.05) is 18.2 Å². The minimum absolute atomic E-state index is 0.150. The lowest BCUT2D eigenvalue weighted by Crippen LogP contribution is -2.06. The molecule has 3 aromatic heterocycles. The molecule has 1 aromatic carbocycles. The van der Waals surface area contributed by atoms with Gasteiger partial charge in [-0.05, 0) is 18.2 Å². The Kier molecular flexibility index (Phi) is 2.20. The molecular formula is C15H10N4O.